The summed E-state index contributed by atoms with van der Waals surface area (Å²) in [6.45, 7) is -0.671. The second-order valence-corrected chi connectivity index (χ2v) is 10.3. The highest BCUT2D eigenvalue weighted by atomic mass is 16.7. The molecule has 3 heterocycles. The fourth-order valence-electron chi connectivity index (χ4n) is 5.01. The normalized spacial score (nSPS) is 21.7. The van der Waals surface area contributed by atoms with Crippen molar-refractivity contribution in [2.75, 3.05) is 43.3 Å². The molecule has 3 aliphatic rings. The quantitative estimate of drug-likeness (QED) is 0.254. The first-order valence-electron chi connectivity index (χ1n) is 14.3. The van der Waals surface area contributed by atoms with Crippen LogP contribution in [0.5, 0.6) is 23.0 Å². The first kappa shape index (κ1) is 32.0. The Kier molecular flexibility index (Phi) is 9.47. The van der Waals surface area contributed by atoms with E-state index in [1.807, 2.05) is 6.07 Å². The van der Waals surface area contributed by atoms with Crippen molar-refractivity contribution in [1.82, 2.24) is 0 Å². The highest BCUT2D eigenvalue weighted by Gasteiger charge is 2.53. The van der Waals surface area contributed by atoms with Gasteiger partial charge in [-0.05, 0) is 48.5 Å². The number of anilines is 3. The first-order valence-corrected chi connectivity index (χ1v) is 14.3. The zero-order chi connectivity index (χ0) is 33.6. The van der Waals surface area contributed by atoms with E-state index in [0.717, 1.165) is 0 Å². The lowest BCUT2D eigenvalue weighted by Gasteiger charge is -2.43. The second kappa shape index (κ2) is 14.2. The molecule has 0 aliphatic carbocycles. The van der Waals surface area contributed by atoms with Gasteiger partial charge >= 0.3 is 18.3 Å². The summed E-state index contributed by atoms with van der Waals surface area (Å²) >= 11 is 0. The third-order valence-electron chi connectivity index (χ3n) is 7.23. The monoisotopic (exact) mass is 664 g/mol. The molecule has 1 saturated heterocycles. The SMILES string of the molecule is CO[C@H]1O[C@H](CO)[C@@H](OC(=O)Nc2ccc(C#N)cc2)[C@H](OC(=O)Nc2ccc3c(c2)OCO3)[C@H]1OC(=O)Nc1ccc2c(c1)OCO2. The highest BCUT2D eigenvalue weighted by Crippen LogP contribution is 2.36. The van der Waals surface area contributed by atoms with Crippen molar-refractivity contribution >= 4 is 35.3 Å². The van der Waals surface area contributed by atoms with Crippen molar-refractivity contribution in [2.24, 2.45) is 0 Å². The van der Waals surface area contributed by atoms with Crippen LogP contribution in [0.1, 0.15) is 5.56 Å². The fraction of sp³-hybridized carbons (Fsp3) is 0.290. The minimum absolute atomic E-state index is 0.0170. The van der Waals surface area contributed by atoms with Crippen LogP contribution in [0.3, 0.4) is 0 Å². The molecule has 0 unspecified atom stereocenters. The summed E-state index contributed by atoms with van der Waals surface area (Å²) in [5.74, 6) is 1.76. The van der Waals surface area contributed by atoms with Gasteiger partial charge in [-0.25, -0.2) is 14.4 Å². The van der Waals surface area contributed by atoms with E-state index < -0.39 is 55.6 Å². The number of amides is 3. The number of nitrogens with zero attached hydrogens (tertiary/aromatic N) is 1. The van der Waals surface area contributed by atoms with Crippen molar-refractivity contribution in [1.29, 1.82) is 5.26 Å². The second-order valence-electron chi connectivity index (χ2n) is 10.3. The molecule has 48 heavy (non-hydrogen) atoms. The smallest absolute Gasteiger partial charge is 0.412 e. The Morgan fingerprint density at radius 1 is 0.729 bits per heavy atom. The Bertz CT molecular complexity index is 1710. The molecule has 1 fully saturated rings. The van der Waals surface area contributed by atoms with Crippen molar-refractivity contribution in [3.63, 3.8) is 0 Å². The van der Waals surface area contributed by atoms with Gasteiger partial charge in [-0.2, -0.15) is 5.26 Å². The minimum Gasteiger partial charge on any atom is -0.454 e. The molecule has 3 aromatic carbocycles. The number of methoxy groups -OCH3 is 1. The van der Waals surface area contributed by atoms with E-state index in [1.165, 1.54) is 43.5 Å². The summed E-state index contributed by atoms with van der Waals surface area (Å²) < 4.78 is 49.5. The third-order valence-corrected chi connectivity index (χ3v) is 7.23. The summed E-state index contributed by atoms with van der Waals surface area (Å²) in [5, 5.41) is 26.8. The molecular weight excluding hydrogens is 636 g/mol. The van der Waals surface area contributed by atoms with Crippen molar-refractivity contribution in [3.05, 3.63) is 66.2 Å². The zero-order valence-electron chi connectivity index (χ0n) is 25.1. The molecule has 0 radical (unpaired) electrons. The number of nitriles is 1. The molecule has 17 heteroatoms. The van der Waals surface area contributed by atoms with Crippen molar-refractivity contribution in [2.45, 2.75) is 30.7 Å². The average Bonchev–Trinajstić information content (AvgIpc) is 3.75. The predicted octanol–water partition coefficient (Wildman–Crippen LogP) is 3.53. The van der Waals surface area contributed by atoms with Gasteiger partial charge in [-0.15, -0.1) is 0 Å². The van der Waals surface area contributed by atoms with Crippen LogP contribution in [-0.4, -0.2) is 81.4 Å². The molecule has 3 aromatic rings. The van der Waals surface area contributed by atoms with Crippen LogP contribution in [0, 0.1) is 11.3 Å². The van der Waals surface area contributed by atoms with Gasteiger partial charge in [0.2, 0.25) is 13.6 Å². The summed E-state index contributed by atoms with van der Waals surface area (Å²) in [6.07, 6.45) is -10.5. The molecule has 0 saturated carbocycles. The Labute approximate surface area is 272 Å². The van der Waals surface area contributed by atoms with Crippen LogP contribution >= 0.6 is 0 Å². The lowest BCUT2D eigenvalue weighted by atomic mass is 9.98. The number of aliphatic hydroxyl groups is 1. The molecule has 0 spiro atoms. The van der Waals surface area contributed by atoms with E-state index in [0.29, 0.717) is 28.6 Å². The van der Waals surface area contributed by atoms with Crippen LogP contribution < -0.4 is 34.9 Å². The standard InChI is InChI=1S/C31H28N4O13/c1-40-28-27(48-31(39)35-19-7-9-21-23(11-19)44-15-42-21)26(47-30(38)34-18-6-8-20-22(10-18)43-14-41-20)25(24(13-36)45-28)46-29(37)33-17-4-2-16(12-32)3-5-17/h2-11,24-28,36H,13-15H2,1H3,(H,33,37)(H,34,38)(H,35,39)/t24-,25-,26+,27-,28+/m1/s1. The molecule has 250 valence electrons. The van der Waals surface area contributed by atoms with Crippen LogP contribution in [-0.2, 0) is 23.7 Å². The van der Waals surface area contributed by atoms with Crippen molar-refractivity contribution < 1.29 is 62.1 Å². The van der Waals surface area contributed by atoms with Crippen LogP contribution in [0.4, 0.5) is 31.4 Å². The maximum absolute atomic E-state index is 13.3. The number of fused-ring (bicyclic) bond motifs is 2. The zero-order valence-corrected chi connectivity index (χ0v) is 25.1. The number of ether oxygens (including phenoxy) is 9. The van der Waals surface area contributed by atoms with Gasteiger partial charge in [0.25, 0.3) is 0 Å². The van der Waals surface area contributed by atoms with E-state index in [9.17, 15) is 19.5 Å². The van der Waals surface area contributed by atoms with Crippen molar-refractivity contribution in [3.8, 4) is 29.1 Å². The average molecular weight is 665 g/mol. The number of hydrogen-bond acceptors (Lipinski definition) is 14. The predicted molar refractivity (Wildman–Crippen MR) is 161 cm³/mol. The molecule has 17 nitrogen and oxygen atoms in total. The number of hydrogen-bond donors (Lipinski definition) is 4. The van der Waals surface area contributed by atoms with E-state index in [4.69, 9.17) is 47.9 Å². The van der Waals surface area contributed by atoms with Gasteiger partial charge in [0.15, 0.2) is 47.6 Å². The number of carbonyl (C=O) groups excluding carboxylic acids is 3. The van der Waals surface area contributed by atoms with Gasteiger partial charge in [-0.1, -0.05) is 0 Å². The van der Waals surface area contributed by atoms with Gasteiger partial charge in [0, 0.05) is 36.3 Å². The molecule has 0 aromatic heterocycles. The van der Waals surface area contributed by atoms with E-state index >= 15 is 0 Å². The van der Waals surface area contributed by atoms with Gasteiger partial charge < -0.3 is 47.7 Å². The number of benzene rings is 3. The Morgan fingerprint density at radius 2 is 1.21 bits per heavy atom. The molecule has 4 N–H and O–H groups in total. The molecule has 3 aliphatic heterocycles. The van der Waals surface area contributed by atoms with Crippen LogP contribution in [0.25, 0.3) is 0 Å². The van der Waals surface area contributed by atoms with E-state index in [1.54, 1.807) is 24.3 Å². The molecule has 6 rings (SSSR count). The van der Waals surface area contributed by atoms with E-state index in [-0.39, 0.29) is 30.6 Å². The topological polar surface area (TPSA) is 214 Å². The van der Waals surface area contributed by atoms with Crippen LogP contribution in [0.2, 0.25) is 0 Å². The first-order chi connectivity index (χ1) is 23.3. The van der Waals surface area contributed by atoms with E-state index in [2.05, 4.69) is 16.0 Å². The summed E-state index contributed by atoms with van der Waals surface area (Å²) in [4.78, 5) is 39.5. The van der Waals surface area contributed by atoms with Gasteiger partial charge in [-0.3, -0.25) is 16.0 Å². The maximum atomic E-state index is 13.3. The largest absolute Gasteiger partial charge is 0.454 e. The number of carbonyl (C=O) groups is 3. The van der Waals surface area contributed by atoms with Gasteiger partial charge in [0.05, 0.1) is 18.2 Å². The molecule has 0 bridgehead atoms. The minimum atomic E-state index is -1.59. The molecule has 3 amide bonds. The summed E-state index contributed by atoms with van der Waals surface area (Å²) in [7, 11) is 1.24. The Morgan fingerprint density at radius 3 is 1.73 bits per heavy atom. The lowest BCUT2D eigenvalue weighted by Crippen LogP contribution is -2.63. The lowest BCUT2D eigenvalue weighted by molar-refractivity contribution is -0.290. The van der Waals surface area contributed by atoms with Crippen LogP contribution in [0.15, 0.2) is 60.7 Å². The highest BCUT2D eigenvalue weighted by molar-refractivity contribution is 5.87. The number of rotatable bonds is 8. The number of nitrogens with one attached hydrogen (secondary N) is 3. The number of aliphatic hydroxyl groups excluding tert-OH is 1. The van der Waals surface area contributed by atoms with Gasteiger partial charge in [0.1, 0.15) is 6.10 Å². The fourth-order valence-corrected chi connectivity index (χ4v) is 5.01. The molecule has 5 atom stereocenters. The summed E-state index contributed by atoms with van der Waals surface area (Å²) in [5.41, 5.74) is 1.20. The maximum Gasteiger partial charge on any atom is 0.412 e. The molecular formula is C31H28N4O13. The Balaban J connectivity index is 1.24. The third kappa shape index (κ3) is 7.20. The summed E-state index contributed by atoms with van der Waals surface area (Å²) in [6, 6.07) is 17.2. The Hall–Kier alpha value is -5.96.